The summed E-state index contributed by atoms with van der Waals surface area (Å²) < 4.78 is 0. The van der Waals surface area contributed by atoms with Gasteiger partial charge in [-0.05, 0) is 25.2 Å². The first-order valence-corrected chi connectivity index (χ1v) is 7.70. The summed E-state index contributed by atoms with van der Waals surface area (Å²) in [6, 6.07) is 0. The van der Waals surface area contributed by atoms with Gasteiger partial charge in [-0.2, -0.15) is 0 Å². The molecule has 2 fully saturated rings. The first kappa shape index (κ1) is 17.7. The van der Waals surface area contributed by atoms with Crippen molar-refractivity contribution in [2.45, 2.75) is 52.1 Å². The van der Waals surface area contributed by atoms with Crippen molar-refractivity contribution in [3.63, 3.8) is 0 Å². The zero-order valence-electron chi connectivity index (χ0n) is 12.7. The molecule has 118 valence electrons. The van der Waals surface area contributed by atoms with E-state index in [1.165, 1.54) is 12.8 Å². The molecule has 1 heterocycles. The molecule has 2 aliphatic rings. The first-order chi connectivity index (χ1) is 9.03. The minimum Gasteiger partial charge on any atom is -0.391 e. The summed E-state index contributed by atoms with van der Waals surface area (Å²) in [7, 11) is 0. The van der Waals surface area contributed by atoms with E-state index in [-0.39, 0.29) is 35.8 Å². The van der Waals surface area contributed by atoms with E-state index in [1.54, 1.807) is 0 Å². The summed E-state index contributed by atoms with van der Waals surface area (Å²) in [5, 5.41) is 16.0. The molecule has 2 unspecified atom stereocenters. The van der Waals surface area contributed by atoms with Crippen molar-refractivity contribution in [3.05, 3.63) is 0 Å². The number of carbonyl (C=O) groups is 1. The SMILES string of the molecule is CC(C)CC1(C(=O)NCC2CNCC2O)CCCC1.Cl. The fourth-order valence-electron chi connectivity index (χ4n) is 3.70. The van der Waals surface area contributed by atoms with Crippen LogP contribution in [0.25, 0.3) is 0 Å². The standard InChI is InChI=1S/C15H28N2O2.ClH/c1-11(2)7-15(5-3-4-6-15)14(19)17-9-12-8-16-10-13(12)18;/h11-13,16,18H,3-10H2,1-2H3,(H,17,19);1H. The van der Waals surface area contributed by atoms with E-state index >= 15 is 0 Å². The van der Waals surface area contributed by atoms with Gasteiger partial charge in [-0.1, -0.05) is 26.7 Å². The van der Waals surface area contributed by atoms with E-state index in [0.29, 0.717) is 19.0 Å². The Morgan fingerprint density at radius 3 is 2.50 bits per heavy atom. The van der Waals surface area contributed by atoms with Crippen LogP contribution in [0, 0.1) is 17.3 Å². The van der Waals surface area contributed by atoms with Gasteiger partial charge in [-0.15, -0.1) is 12.4 Å². The number of rotatable bonds is 5. The van der Waals surface area contributed by atoms with Crippen LogP contribution in [-0.4, -0.2) is 36.8 Å². The van der Waals surface area contributed by atoms with Gasteiger partial charge in [0, 0.05) is 31.0 Å². The van der Waals surface area contributed by atoms with E-state index in [0.717, 1.165) is 25.8 Å². The molecule has 2 rings (SSSR count). The fraction of sp³-hybridized carbons (Fsp3) is 0.933. The van der Waals surface area contributed by atoms with Crippen molar-refractivity contribution in [1.29, 1.82) is 0 Å². The number of amides is 1. The van der Waals surface area contributed by atoms with Crippen molar-refractivity contribution < 1.29 is 9.90 Å². The van der Waals surface area contributed by atoms with Gasteiger partial charge in [0.1, 0.15) is 0 Å². The molecule has 0 radical (unpaired) electrons. The minimum atomic E-state index is -0.315. The lowest BCUT2D eigenvalue weighted by atomic mass is 9.77. The van der Waals surface area contributed by atoms with Crippen molar-refractivity contribution in [2.24, 2.45) is 17.3 Å². The molecule has 0 bridgehead atoms. The van der Waals surface area contributed by atoms with Gasteiger partial charge >= 0.3 is 0 Å². The van der Waals surface area contributed by atoms with E-state index in [1.807, 2.05) is 0 Å². The summed E-state index contributed by atoms with van der Waals surface area (Å²) in [4.78, 5) is 12.6. The maximum Gasteiger partial charge on any atom is 0.226 e. The van der Waals surface area contributed by atoms with E-state index in [4.69, 9.17) is 0 Å². The van der Waals surface area contributed by atoms with Crippen LogP contribution in [0.15, 0.2) is 0 Å². The van der Waals surface area contributed by atoms with Gasteiger partial charge in [0.15, 0.2) is 0 Å². The second-order valence-corrected chi connectivity index (χ2v) is 6.78. The molecule has 0 aromatic heterocycles. The summed E-state index contributed by atoms with van der Waals surface area (Å²) in [6.45, 7) is 6.44. The van der Waals surface area contributed by atoms with Crippen LogP contribution in [-0.2, 0) is 4.79 Å². The lowest BCUT2D eigenvalue weighted by Crippen LogP contribution is -2.43. The smallest absolute Gasteiger partial charge is 0.226 e. The average Bonchev–Trinajstić information content (AvgIpc) is 2.96. The third-order valence-corrected chi connectivity index (χ3v) is 4.67. The van der Waals surface area contributed by atoms with Gasteiger partial charge in [0.05, 0.1) is 6.10 Å². The highest BCUT2D eigenvalue weighted by atomic mass is 35.5. The van der Waals surface area contributed by atoms with Gasteiger partial charge in [0.2, 0.25) is 5.91 Å². The molecule has 4 nitrogen and oxygen atoms in total. The number of hydrogen-bond acceptors (Lipinski definition) is 3. The molecule has 1 aliphatic carbocycles. The van der Waals surface area contributed by atoms with Crippen molar-refractivity contribution in [2.75, 3.05) is 19.6 Å². The Hall–Kier alpha value is -0.320. The second-order valence-electron chi connectivity index (χ2n) is 6.78. The highest BCUT2D eigenvalue weighted by molar-refractivity contribution is 5.85. The molecule has 1 amide bonds. The number of aliphatic hydroxyl groups excluding tert-OH is 1. The molecule has 2 atom stereocenters. The van der Waals surface area contributed by atoms with E-state index < -0.39 is 0 Å². The van der Waals surface area contributed by atoms with E-state index in [9.17, 15) is 9.90 Å². The van der Waals surface area contributed by atoms with Crippen LogP contribution < -0.4 is 10.6 Å². The van der Waals surface area contributed by atoms with Gasteiger partial charge in [-0.25, -0.2) is 0 Å². The molecule has 0 spiro atoms. The molecule has 0 aromatic rings. The van der Waals surface area contributed by atoms with Crippen LogP contribution >= 0.6 is 12.4 Å². The maximum atomic E-state index is 12.6. The summed E-state index contributed by atoms with van der Waals surface area (Å²) >= 11 is 0. The molecule has 1 aliphatic heterocycles. The summed E-state index contributed by atoms with van der Waals surface area (Å²) in [5.74, 6) is 0.946. The van der Waals surface area contributed by atoms with Crippen LogP contribution in [0.4, 0.5) is 0 Å². The van der Waals surface area contributed by atoms with Crippen molar-refractivity contribution in [1.82, 2.24) is 10.6 Å². The van der Waals surface area contributed by atoms with Crippen LogP contribution in [0.5, 0.6) is 0 Å². The quantitative estimate of drug-likeness (QED) is 0.725. The molecule has 20 heavy (non-hydrogen) atoms. The predicted molar refractivity (Wildman–Crippen MR) is 83.0 cm³/mol. The molecule has 0 aromatic carbocycles. The number of aliphatic hydroxyl groups is 1. The second kappa shape index (κ2) is 7.62. The molecule has 1 saturated heterocycles. The monoisotopic (exact) mass is 304 g/mol. The number of β-amino-alcohol motifs (C(OH)–C–C–N with tert-alkyl or cyclic N) is 1. The maximum absolute atomic E-state index is 12.6. The average molecular weight is 305 g/mol. The Balaban J connectivity index is 0.00000200. The number of halogens is 1. The van der Waals surface area contributed by atoms with Crippen molar-refractivity contribution >= 4 is 18.3 Å². The van der Waals surface area contributed by atoms with E-state index in [2.05, 4.69) is 24.5 Å². The highest BCUT2D eigenvalue weighted by Gasteiger charge is 2.41. The molecule has 3 N–H and O–H groups in total. The molecule has 1 saturated carbocycles. The summed E-state index contributed by atoms with van der Waals surface area (Å²) in [6.07, 6.45) is 5.08. The zero-order valence-corrected chi connectivity index (χ0v) is 13.5. The lowest BCUT2D eigenvalue weighted by molar-refractivity contribution is -0.132. The molecular weight excluding hydrogens is 276 g/mol. The first-order valence-electron chi connectivity index (χ1n) is 7.70. The van der Waals surface area contributed by atoms with Crippen LogP contribution in [0.3, 0.4) is 0 Å². The number of hydrogen-bond donors (Lipinski definition) is 3. The van der Waals surface area contributed by atoms with Crippen molar-refractivity contribution in [3.8, 4) is 0 Å². The largest absolute Gasteiger partial charge is 0.391 e. The Labute approximate surface area is 128 Å². The zero-order chi connectivity index (χ0) is 13.9. The Bertz CT molecular complexity index is 317. The molecular formula is C15H29ClN2O2. The highest BCUT2D eigenvalue weighted by Crippen LogP contribution is 2.43. The summed E-state index contributed by atoms with van der Waals surface area (Å²) in [5.41, 5.74) is -0.134. The topological polar surface area (TPSA) is 61.4 Å². The third-order valence-electron chi connectivity index (χ3n) is 4.67. The molecule has 5 heteroatoms. The Morgan fingerprint density at radius 1 is 1.35 bits per heavy atom. The van der Waals surface area contributed by atoms with Gasteiger partial charge in [0.25, 0.3) is 0 Å². The van der Waals surface area contributed by atoms with Crippen LogP contribution in [0.1, 0.15) is 46.0 Å². The third kappa shape index (κ3) is 4.09. The Kier molecular flexibility index (Phi) is 6.76. The number of carbonyl (C=O) groups excluding carboxylic acids is 1. The number of nitrogens with one attached hydrogen (secondary N) is 2. The minimum absolute atomic E-state index is 0. The predicted octanol–water partition coefficient (Wildman–Crippen LogP) is 1.71. The Morgan fingerprint density at radius 2 is 2.00 bits per heavy atom. The van der Waals surface area contributed by atoms with Crippen LogP contribution in [0.2, 0.25) is 0 Å². The van der Waals surface area contributed by atoms with Gasteiger partial charge < -0.3 is 15.7 Å². The van der Waals surface area contributed by atoms with Gasteiger partial charge in [-0.3, -0.25) is 4.79 Å². The fourth-order valence-corrected chi connectivity index (χ4v) is 3.70. The lowest BCUT2D eigenvalue weighted by Gasteiger charge is -2.30. The normalized spacial score (nSPS) is 28.4.